The van der Waals surface area contributed by atoms with E-state index in [0.29, 0.717) is 45.1 Å². The molecule has 0 saturated carbocycles. The number of nitrogens with zero attached hydrogens (tertiary/aromatic N) is 3. The lowest BCUT2D eigenvalue weighted by molar-refractivity contribution is 0.0657. The van der Waals surface area contributed by atoms with Gasteiger partial charge in [-0.3, -0.25) is 9.79 Å². The summed E-state index contributed by atoms with van der Waals surface area (Å²) in [6.45, 7) is 5.17. The molecule has 3 rings (SSSR count). The fraction of sp³-hybridized carbons (Fsp3) is 0.400. The summed E-state index contributed by atoms with van der Waals surface area (Å²) in [5.74, 6) is 0.861. The monoisotopic (exact) mass is 516 g/mol. The van der Waals surface area contributed by atoms with Crippen LogP contribution in [0.15, 0.2) is 46.0 Å². The summed E-state index contributed by atoms with van der Waals surface area (Å²) in [5, 5.41) is 3.25. The number of benzene rings is 1. The van der Waals surface area contributed by atoms with E-state index >= 15 is 0 Å². The molecule has 2 aromatic rings. The predicted octanol–water partition coefficient (Wildman–Crippen LogP) is 2.97. The van der Waals surface area contributed by atoms with Gasteiger partial charge >= 0.3 is 0 Å². The topological polar surface area (TPSA) is 70.3 Å². The maximum Gasteiger partial charge on any atom is 0.289 e. The van der Waals surface area contributed by atoms with Crippen molar-refractivity contribution in [2.75, 3.05) is 39.8 Å². The molecule has 1 N–H and O–H groups in total. The van der Waals surface area contributed by atoms with Crippen LogP contribution in [0, 0.1) is 5.82 Å². The van der Waals surface area contributed by atoms with Crippen LogP contribution in [0.5, 0.6) is 5.75 Å². The molecule has 158 valence electrons. The van der Waals surface area contributed by atoms with Gasteiger partial charge in [0.1, 0.15) is 0 Å². The molecule has 29 heavy (non-hydrogen) atoms. The Morgan fingerprint density at radius 1 is 1.24 bits per heavy atom. The Bertz CT molecular complexity index is 821. The van der Waals surface area contributed by atoms with Gasteiger partial charge < -0.3 is 24.3 Å². The smallest absolute Gasteiger partial charge is 0.289 e. The van der Waals surface area contributed by atoms with Crippen LogP contribution < -0.4 is 10.1 Å². The van der Waals surface area contributed by atoms with E-state index in [-0.39, 0.29) is 41.5 Å². The van der Waals surface area contributed by atoms with E-state index in [1.807, 2.05) is 13.0 Å². The number of carbonyl (C=O) groups excluding carboxylic acids is 1. The van der Waals surface area contributed by atoms with Crippen molar-refractivity contribution in [2.24, 2.45) is 4.99 Å². The minimum atomic E-state index is -0.374. The van der Waals surface area contributed by atoms with E-state index in [1.54, 1.807) is 30.1 Å². The van der Waals surface area contributed by atoms with Crippen molar-refractivity contribution in [3.63, 3.8) is 0 Å². The average Bonchev–Trinajstić information content (AvgIpc) is 3.25. The van der Waals surface area contributed by atoms with Crippen LogP contribution in [0.2, 0.25) is 0 Å². The van der Waals surface area contributed by atoms with Gasteiger partial charge in [0, 0.05) is 39.8 Å². The number of guanidine groups is 1. The normalized spacial score (nSPS) is 14.4. The molecule has 0 bridgehead atoms. The van der Waals surface area contributed by atoms with Crippen LogP contribution in [-0.4, -0.2) is 61.5 Å². The number of nitrogens with one attached hydrogen (secondary N) is 1. The van der Waals surface area contributed by atoms with Gasteiger partial charge in [0.2, 0.25) is 0 Å². The molecule has 1 aromatic heterocycles. The van der Waals surface area contributed by atoms with Crippen molar-refractivity contribution in [1.29, 1.82) is 0 Å². The van der Waals surface area contributed by atoms with Gasteiger partial charge in [0.15, 0.2) is 23.3 Å². The van der Waals surface area contributed by atoms with Crippen molar-refractivity contribution in [3.8, 4) is 5.75 Å². The lowest BCUT2D eigenvalue weighted by Gasteiger charge is -2.36. The predicted molar refractivity (Wildman–Crippen MR) is 119 cm³/mol. The van der Waals surface area contributed by atoms with Gasteiger partial charge in [0.25, 0.3) is 5.91 Å². The zero-order chi connectivity index (χ0) is 19.9. The summed E-state index contributed by atoms with van der Waals surface area (Å²) >= 11 is 0. The second-order valence-electron chi connectivity index (χ2n) is 6.36. The minimum Gasteiger partial charge on any atom is -0.491 e. The Kier molecular flexibility index (Phi) is 8.74. The second-order valence-corrected chi connectivity index (χ2v) is 6.36. The largest absolute Gasteiger partial charge is 0.491 e. The number of rotatable bonds is 5. The van der Waals surface area contributed by atoms with E-state index in [0.717, 1.165) is 11.5 Å². The lowest BCUT2D eigenvalue weighted by atomic mass is 10.2. The third-order valence-corrected chi connectivity index (χ3v) is 4.56. The standard InChI is InChI=1S/C20H25FN4O3.HI/c1-3-27-17-7-6-15(13-16(17)21)14-23-20(22-2)25-10-8-24(9-11-25)19(26)18-5-4-12-28-18;/h4-7,12-13H,3,8-11,14H2,1-2H3,(H,22,23);1H. The first kappa shape index (κ1) is 23.0. The van der Waals surface area contributed by atoms with Crippen LogP contribution in [0.4, 0.5) is 4.39 Å². The fourth-order valence-corrected chi connectivity index (χ4v) is 3.12. The van der Waals surface area contributed by atoms with Crippen LogP contribution in [0.3, 0.4) is 0 Å². The summed E-state index contributed by atoms with van der Waals surface area (Å²) in [6.07, 6.45) is 1.50. The Morgan fingerprint density at radius 2 is 1.97 bits per heavy atom. The number of aliphatic imine (C=N–C) groups is 1. The highest BCUT2D eigenvalue weighted by molar-refractivity contribution is 14.0. The molecule has 0 unspecified atom stereocenters. The Hall–Kier alpha value is -2.30. The van der Waals surface area contributed by atoms with E-state index in [1.165, 1.54) is 12.3 Å². The van der Waals surface area contributed by atoms with E-state index < -0.39 is 0 Å². The molecular weight excluding hydrogens is 490 g/mol. The number of amides is 1. The first-order valence-electron chi connectivity index (χ1n) is 9.32. The fourth-order valence-electron chi connectivity index (χ4n) is 3.12. The van der Waals surface area contributed by atoms with Crippen LogP contribution in [-0.2, 0) is 6.54 Å². The SMILES string of the molecule is CCOc1ccc(CNC(=NC)N2CCN(C(=O)c3ccco3)CC2)cc1F.I. The van der Waals surface area contributed by atoms with Gasteiger partial charge in [-0.2, -0.15) is 0 Å². The van der Waals surface area contributed by atoms with Gasteiger partial charge in [-0.25, -0.2) is 4.39 Å². The minimum absolute atomic E-state index is 0. The third-order valence-electron chi connectivity index (χ3n) is 4.56. The zero-order valence-corrected chi connectivity index (χ0v) is 18.9. The van der Waals surface area contributed by atoms with Gasteiger partial charge in [-0.05, 0) is 36.8 Å². The molecule has 1 fully saturated rings. The number of hydrogen-bond donors (Lipinski definition) is 1. The third kappa shape index (κ3) is 5.84. The second kappa shape index (κ2) is 11.0. The highest BCUT2D eigenvalue weighted by Crippen LogP contribution is 2.18. The number of hydrogen-bond acceptors (Lipinski definition) is 4. The number of piperazine rings is 1. The van der Waals surface area contributed by atoms with Crippen molar-refractivity contribution in [2.45, 2.75) is 13.5 Å². The van der Waals surface area contributed by atoms with Crippen molar-refractivity contribution in [1.82, 2.24) is 15.1 Å². The maximum absolute atomic E-state index is 14.0. The summed E-state index contributed by atoms with van der Waals surface area (Å²) in [4.78, 5) is 20.5. The van der Waals surface area contributed by atoms with Gasteiger partial charge in [-0.15, -0.1) is 24.0 Å². The Labute approximate surface area is 186 Å². The Balaban J connectivity index is 0.00000300. The maximum atomic E-state index is 14.0. The van der Waals surface area contributed by atoms with E-state index in [2.05, 4.69) is 15.2 Å². The van der Waals surface area contributed by atoms with Crippen LogP contribution in [0.1, 0.15) is 23.0 Å². The summed E-state index contributed by atoms with van der Waals surface area (Å²) in [5.41, 5.74) is 0.800. The van der Waals surface area contributed by atoms with E-state index in [9.17, 15) is 9.18 Å². The molecule has 0 aliphatic carbocycles. The van der Waals surface area contributed by atoms with Crippen molar-refractivity contribution < 1.29 is 18.3 Å². The molecule has 1 aliphatic rings. The molecular formula is C20H26FIN4O3. The molecule has 0 atom stereocenters. The summed E-state index contributed by atoms with van der Waals surface area (Å²) in [6, 6.07) is 8.31. The molecule has 1 amide bonds. The molecule has 0 radical (unpaired) electrons. The zero-order valence-electron chi connectivity index (χ0n) is 16.6. The molecule has 1 aliphatic heterocycles. The number of ether oxygens (including phenoxy) is 1. The Morgan fingerprint density at radius 3 is 2.55 bits per heavy atom. The lowest BCUT2D eigenvalue weighted by Crippen LogP contribution is -2.53. The first-order valence-corrected chi connectivity index (χ1v) is 9.32. The molecule has 7 nitrogen and oxygen atoms in total. The van der Waals surface area contributed by atoms with Crippen molar-refractivity contribution >= 4 is 35.8 Å². The number of furan rings is 1. The van der Waals surface area contributed by atoms with Crippen LogP contribution >= 0.6 is 24.0 Å². The summed E-state index contributed by atoms with van der Waals surface area (Å²) in [7, 11) is 1.71. The molecule has 0 spiro atoms. The van der Waals surface area contributed by atoms with E-state index in [4.69, 9.17) is 9.15 Å². The van der Waals surface area contributed by atoms with Gasteiger partial charge in [-0.1, -0.05) is 6.07 Å². The number of halogens is 2. The quantitative estimate of drug-likeness (QED) is 0.376. The molecule has 1 aromatic carbocycles. The van der Waals surface area contributed by atoms with Crippen molar-refractivity contribution in [3.05, 3.63) is 53.7 Å². The first-order chi connectivity index (χ1) is 13.6. The molecule has 2 heterocycles. The highest BCUT2D eigenvalue weighted by atomic mass is 127. The van der Waals surface area contributed by atoms with Gasteiger partial charge in [0.05, 0.1) is 12.9 Å². The summed E-state index contributed by atoms with van der Waals surface area (Å²) < 4.78 is 24.4. The average molecular weight is 516 g/mol. The number of carbonyl (C=O) groups is 1. The highest BCUT2D eigenvalue weighted by Gasteiger charge is 2.25. The van der Waals surface area contributed by atoms with Crippen LogP contribution in [0.25, 0.3) is 0 Å². The molecule has 9 heteroatoms. The molecule has 1 saturated heterocycles.